The van der Waals surface area contributed by atoms with Crippen LogP contribution in [-0.4, -0.2) is 10.7 Å². The molecule has 1 aromatic carbocycles. The predicted molar refractivity (Wildman–Crippen MR) is 80.6 cm³/mol. The van der Waals surface area contributed by atoms with Gasteiger partial charge < -0.3 is 4.42 Å². The second-order valence-corrected chi connectivity index (χ2v) is 5.21. The first kappa shape index (κ1) is 13.3. The zero-order valence-electron chi connectivity index (χ0n) is 10.7. The van der Waals surface area contributed by atoms with Crippen LogP contribution in [0.1, 0.15) is 16.1 Å². The first-order valence-electron chi connectivity index (χ1n) is 6.07. The summed E-state index contributed by atoms with van der Waals surface area (Å²) in [6.45, 7) is 0. The zero-order valence-corrected chi connectivity index (χ0v) is 11.5. The summed E-state index contributed by atoms with van der Waals surface area (Å²) in [5.74, 6) is -0.0303. The molecule has 0 atom stereocenters. The summed E-state index contributed by atoms with van der Waals surface area (Å²) in [5.41, 5.74) is 1.27. The van der Waals surface area contributed by atoms with Crippen LogP contribution in [0.2, 0.25) is 0 Å². The fourth-order valence-electron chi connectivity index (χ4n) is 1.88. The van der Waals surface area contributed by atoms with Gasteiger partial charge in [0.05, 0.1) is 4.92 Å². The van der Waals surface area contributed by atoms with Crippen molar-refractivity contribution >= 4 is 39.2 Å². The molecule has 0 saturated heterocycles. The highest BCUT2D eigenvalue weighted by molar-refractivity contribution is 7.13. The molecular formula is C15H9NO4S. The first-order valence-corrected chi connectivity index (χ1v) is 6.95. The van der Waals surface area contributed by atoms with Crippen LogP contribution in [0.5, 0.6) is 0 Å². The van der Waals surface area contributed by atoms with Gasteiger partial charge in [0, 0.05) is 16.8 Å². The number of hydrogen-bond acceptors (Lipinski definition) is 5. The lowest BCUT2D eigenvalue weighted by Crippen LogP contribution is -1.89. The van der Waals surface area contributed by atoms with Gasteiger partial charge in [0.2, 0.25) is 5.78 Å². The number of benzene rings is 1. The second kappa shape index (κ2) is 5.34. The molecule has 0 unspecified atom stereocenters. The van der Waals surface area contributed by atoms with Gasteiger partial charge in [-0.25, -0.2) is 0 Å². The Morgan fingerprint density at radius 1 is 1.29 bits per heavy atom. The minimum atomic E-state index is -0.455. The molecule has 0 amide bonds. The third-order valence-electron chi connectivity index (χ3n) is 2.88. The molecular weight excluding hydrogens is 290 g/mol. The molecule has 6 heteroatoms. The number of carbonyl (C=O) groups is 1. The van der Waals surface area contributed by atoms with E-state index in [0.29, 0.717) is 11.1 Å². The molecule has 3 rings (SSSR count). The Bertz CT molecular complexity index is 826. The van der Waals surface area contributed by atoms with Crippen LogP contribution in [0, 0.1) is 10.1 Å². The normalized spacial score (nSPS) is 11.2. The second-order valence-electron chi connectivity index (χ2n) is 4.32. The van der Waals surface area contributed by atoms with Crippen LogP contribution in [-0.2, 0) is 0 Å². The summed E-state index contributed by atoms with van der Waals surface area (Å²) < 4.78 is 5.46. The fourth-order valence-corrected chi connectivity index (χ4v) is 2.57. The van der Waals surface area contributed by atoms with E-state index < -0.39 is 4.92 Å². The van der Waals surface area contributed by atoms with Gasteiger partial charge in [-0.3, -0.25) is 14.9 Å². The van der Waals surface area contributed by atoms with Gasteiger partial charge in [0.1, 0.15) is 5.58 Å². The number of fused-ring (bicyclic) bond motifs is 1. The number of thiophene rings is 1. The Labute approximate surface area is 123 Å². The highest BCUT2D eigenvalue weighted by Crippen LogP contribution is 2.24. The summed E-state index contributed by atoms with van der Waals surface area (Å²) in [5, 5.41) is 13.1. The maximum Gasteiger partial charge on any atom is 0.324 e. The standard InChI is InChI=1S/C15H9NO4S/c17-12(6-5-10-7-15(16(18)19)21-9-10)14-8-11-3-1-2-4-13(11)20-14/h1-9H/b6-5-. The molecule has 0 aliphatic rings. The Morgan fingerprint density at radius 3 is 2.81 bits per heavy atom. The molecule has 0 radical (unpaired) electrons. The molecule has 0 fully saturated rings. The van der Waals surface area contributed by atoms with Gasteiger partial charge in [-0.2, -0.15) is 0 Å². The van der Waals surface area contributed by atoms with Crippen molar-refractivity contribution in [3.05, 3.63) is 69.3 Å². The van der Waals surface area contributed by atoms with Crippen LogP contribution in [0.4, 0.5) is 5.00 Å². The third kappa shape index (κ3) is 2.75. The molecule has 21 heavy (non-hydrogen) atoms. The van der Waals surface area contributed by atoms with Gasteiger partial charge in [0.25, 0.3) is 0 Å². The molecule has 0 bridgehead atoms. The maximum absolute atomic E-state index is 12.0. The smallest absolute Gasteiger partial charge is 0.324 e. The van der Waals surface area contributed by atoms with Crippen molar-refractivity contribution in [2.24, 2.45) is 0 Å². The lowest BCUT2D eigenvalue weighted by atomic mass is 10.2. The number of rotatable bonds is 4. The predicted octanol–water partition coefficient (Wildman–Crippen LogP) is 4.30. The number of para-hydroxylation sites is 1. The summed E-state index contributed by atoms with van der Waals surface area (Å²) in [4.78, 5) is 22.1. The Balaban J connectivity index is 1.81. The van der Waals surface area contributed by atoms with Gasteiger partial charge in [0.15, 0.2) is 5.76 Å². The molecule has 0 N–H and O–H groups in total. The monoisotopic (exact) mass is 299 g/mol. The van der Waals surface area contributed by atoms with E-state index in [1.54, 1.807) is 23.6 Å². The summed E-state index contributed by atoms with van der Waals surface area (Å²) >= 11 is 1.02. The number of nitrogens with zero attached hydrogens (tertiary/aromatic N) is 1. The van der Waals surface area contributed by atoms with E-state index in [9.17, 15) is 14.9 Å². The highest BCUT2D eigenvalue weighted by Gasteiger charge is 2.10. The largest absolute Gasteiger partial charge is 0.453 e. The van der Waals surface area contributed by atoms with Gasteiger partial charge in [-0.1, -0.05) is 29.5 Å². The van der Waals surface area contributed by atoms with E-state index in [-0.39, 0.29) is 16.5 Å². The Hall–Kier alpha value is -2.73. The molecule has 3 aromatic rings. The topological polar surface area (TPSA) is 73.3 Å². The number of carbonyl (C=O) groups excluding carboxylic acids is 1. The van der Waals surface area contributed by atoms with E-state index in [0.717, 1.165) is 16.7 Å². The Kier molecular flexibility index (Phi) is 3.37. The molecule has 0 spiro atoms. The number of hydrogen-bond donors (Lipinski definition) is 0. The van der Waals surface area contributed by atoms with Crippen molar-refractivity contribution in [3.8, 4) is 0 Å². The number of allylic oxidation sites excluding steroid dienone is 1. The lowest BCUT2D eigenvalue weighted by Gasteiger charge is -1.87. The zero-order chi connectivity index (χ0) is 14.8. The lowest BCUT2D eigenvalue weighted by molar-refractivity contribution is -0.380. The third-order valence-corrected chi connectivity index (χ3v) is 3.78. The maximum atomic E-state index is 12.0. The molecule has 2 aromatic heterocycles. The van der Waals surface area contributed by atoms with Crippen molar-refractivity contribution in [2.75, 3.05) is 0 Å². The van der Waals surface area contributed by atoms with Crippen LogP contribution in [0.25, 0.3) is 17.0 Å². The van der Waals surface area contributed by atoms with Crippen molar-refractivity contribution < 1.29 is 14.1 Å². The van der Waals surface area contributed by atoms with Crippen molar-refractivity contribution in [2.45, 2.75) is 0 Å². The van der Waals surface area contributed by atoms with Gasteiger partial charge in [-0.15, -0.1) is 0 Å². The number of ketones is 1. The summed E-state index contributed by atoms with van der Waals surface area (Å²) in [7, 11) is 0. The van der Waals surface area contributed by atoms with Gasteiger partial charge >= 0.3 is 5.00 Å². The minimum absolute atomic E-state index is 0.0471. The first-order chi connectivity index (χ1) is 10.1. The van der Waals surface area contributed by atoms with Crippen LogP contribution in [0.15, 0.2) is 52.3 Å². The SMILES string of the molecule is O=C(/C=C\c1csc([N+](=O)[O-])c1)c1cc2ccccc2o1. The van der Waals surface area contributed by atoms with E-state index in [4.69, 9.17) is 4.42 Å². The van der Waals surface area contributed by atoms with Gasteiger partial charge in [-0.05, 0) is 29.8 Å². The van der Waals surface area contributed by atoms with Crippen LogP contribution in [0.3, 0.4) is 0 Å². The van der Waals surface area contributed by atoms with E-state index >= 15 is 0 Å². The van der Waals surface area contributed by atoms with E-state index in [2.05, 4.69) is 0 Å². The minimum Gasteiger partial charge on any atom is -0.453 e. The quantitative estimate of drug-likeness (QED) is 0.311. The molecule has 0 aliphatic carbocycles. The fraction of sp³-hybridized carbons (Fsp3) is 0. The molecule has 0 aliphatic heterocycles. The summed E-state index contributed by atoms with van der Waals surface area (Å²) in [6.07, 6.45) is 2.89. The Morgan fingerprint density at radius 2 is 2.10 bits per heavy atom. The average molecular weight is 299 g/mol. The number of nitro groups is 1. The molecule has 104 valence electrons. The molecule has 2 heterocycles. The molecule has 5 nitrogen and oxygen atoms in total. The average Bonchev–Trinajstić information content (AvgIpc) is 3.11. The van der Waals surface area contributed by atoms with Crippen molar-refractivity contribution in [1.82, 2.24) is 0 Å². The van der Waals surface area contributed by atoms with E-state index in [1.165, 1.54) is 12.1 Å². The van der Waals surface area contributed by atoms with Crippen molar-refractivity contribution in [3.63, 3.8) is 0 Å². The summed E-state index contributed by atoms with van der Waals surface area (Å²) in [6, 6.07) is 10.5. The van der Waals surface area contributed by atoms with Crippen molar-refractivity contribution in [1.29, 1.82) is 0 Å². The molecule has 0 saturated carbocycles. The van der Waals surface area contributed by atoms with E-state index in [1.807, 2.05) is 18.2 Å². The van der Waals surface area contributed by atoms with Crippen LogP contribution >= 0.6 is 11.3 Å². The van der Waals surface area contributed by atoms with Crippen LogP contribution < -0.4 is 0 Å². The number of furan rings is 1. The highest BCUT2D eigenvalue weighted by atomic mass is 32.1.